The Labute approximate surface area is 229 Å². The zero-order chi connectivity index (χ0) is 28.2. The van der Waals surface area contributed by atoms with E-state index in [-0.39, 0.29) is 30.1 Å². The number of nitrogens with zero attached hydrogens (tertiary/aromatic N) is 3. The van der Waals surface area contributed by atoms with Gasteiger partial charge in [0, 0.05) is 61.2 Å². The molecule has 0 saturated heterocycles. The fraction of sp³-hybridized carbons (Fsp3) is 0.464. The zero-order valence-electron chi connectivity index (χ0n) is 23.1. The van der Waals surface area contributed by atoms with Crippen LogP contribution in [-0.2, 0) is 17.7 Å². The van der Waals surface area contributed by atoms with Crippen molar-refractivity contribution in [1.29, 1.82) is 0 Å². The summed E-state index contributed by atoms with van der Waals surface area (Å²) >= 11 is 0. The number of aliphatic hydroxyl groups excluding tert-OH is 1. The number of aliphatic hydroxyl groups is 1. The molecule has 0 spiro atoms. The molecule has 3 aromatic rings. The molecule has 9 nitrogen and oxygen atoms in total. The molecule has 0 saturated carbocycles. The van der Waals surface area contributed by atoms with Gasteiger partial charge < -0.3 is 28.7 Å². The molecule has 2 aromatic carbocycles. The molecule has 0 fully saturated rings. The van der Waals surface area contributed by atoms with E-state index in [1.165, 1.54) is 0 Å². The lowest BCUT2D eigenvalue weighted by atomic mass is 9.86. The van der Waals surface area contributed by atoms with Crippen molar-refractivity contribution in [3.8, 4) is 11.5 Å². The van der Waals surface area contributed by atoms with Crippen molar-refractivity contribution >= 4 is 20.0 Å². The molecule has 11 heteroatoms. The molecule has 39 heavy (non-hydrogen) atoms. The Kier molecular flexibility index (Phi) is 9.03. The van der Waals surface area contributed by atoms with Crippen LogP contribution in [-0.4, -0.2) is 61.3 Å². The number of rotatable bonds is 11. The van der Waals surface area contributed by atoms with Crippen molar-refractivity contribution in [3.63, 3.8) is 0 Å². The van der Waals surface area contributed by atoms with Gasteiger partial charge in [-0.2, -0.15) is 0 Å². The van der Waals surface area contributed by atoms with E-state index in [2.05, 4.69) is 15.6 Å². The Morgan fingerprint density at radius 1 is 1.23 bits per heavy atom. The average Bonchev–Trinajstić information content (AvgIpc) is 3.36. The van der Waals surface area contributed by atoms with E-state index in [9.17, 15) is 4.79 Å². The van der Waals surface area contributed by atoms with Gasteiger partial charge >= 0.3 is 0 Å². The van der Waals surface area contributed by atoms with Crippen LogP contribution < -0.4 is 14.8 Å². The van der Waals surface area contributed by atoms with Crippen molar-refractivity contribution in [2.75, 3.05) is 26.1 Å². The van der Waals surface area contributed by atoms with Gasteiger partial charge in [0.2, 0.25) is 8.41 Å². The lowest BCUT2D eigenvalue weighted by Gasteiger charge is -2.43. The van der Waals surface area contributed by atoms with E-state index in [0.29, 0.717) is 47.8 Å². The minimum Gasteiger partial charge on any atom is -0.497 e. The summed E-state index contributed by atoms with van der Waals surface area (Å²) in [5.74, 6) is 0.925. The Hall–Kier alpha value is -3.28. The normalized spacial score (nSPS) is 19.6. The van der Waals surface area contributed by atoms with Gasteiger partial charge in [-0.25, -0.2) is 0 Å². The largest absolute Gasteiger partial charge is 0.497 e. The van der Waals surface area contributed by atoms with E-state index < -0.39 is 14.5 Å². The SMILES string of the molecule is COc1ccc(C(=O)Nc2ccc3c(c2)[C@@H](OC)[C@H](C)[C@@H](C(CCn2cc(CCO)nn2)[Si](C)(C)F)O3)cc1. The molecule has 2 heterocycles. The fourth-order valence-electron chi connectivity index (χ4n) is 5.25. The van der Waals surface area contributed by atoms with Crippen molar-refractivity contribution in [2.45, 2.75) is 57.2 Å². The number of ether oxygens (including phenoxy) is 3. The second-order valence-corrected chi connectivity index (χ2v) is 14.3. The molecule has 1 amide bonds. The van der Waals surface area contributed by atoms with Crippen LogP contribution >= 0.6 is 0 Å². The van der Waals surface area contributed by atoms with Crippen LogP contribution in [0.25, 0.3) is 0 Å². The van der Waals surface area contributed by atoms with Gasteiger partial charge in [0.05, 0.1) is 18.9 Å². The number of hydrogen-bond donors (Lipinski definition) is 2. The summed E-state index contributed by atoms with van der Waals surface area (Å²) in [6.07, 6.45) is 2.03. The standard InChI is InChI=1S/C28H37FN4O5Si/c1-18-26(37-3)23-16-20(30-28(35)19-6-9-22(36-2)10-7-19)8-11-24(23)38-27(18)25(39(4,5)29)12-14-33-17-21(13-15-34)31-32-33/h6-11,16-18,25-27,34H,12-15H2,1-5H3,(H,30,35)/t18-,25?,26-,27-/m0/s1. The zero-order valence-corrected chi connectivity index (χ0v) is 24.1. The van der Waals surface area contributed by atoms with Crippen LogP contribution in [0, 0.1) is 5.92 Å². The summed E-state index contributed by atoms with van der Waals surface area (Å²) in [7, 11) is 0.0498. The third-order valence-corrected chi connectivity index (χ3v) is 9.72. The average molecular weight is 557 g/mol. The van der Waals surface area contributed by atoms with Crippen molar-refractivity contribution < 1.29 is 28.2 Å². The molecule has 210 valence electrons. The van der Waals surface area contributed by atoms with Gasteiger partial charge in [-0.15, -0.1) is 5.10 Å². The van der Waals surface area contributed by atoms with Crippen molar-refractivity contribution in [2.24, 2.45) is 5.92 Å². The quantitative estimate of drug-likeness (QED) is 0.258. The molecule has 1 aromatic heterocycles. The Morgan fingerprint density at radius 2 is 1.97 bits per heavy atom. The molecule has 1 aliphatic heterocycles. The van der Waals surface area contributed by atoms with Crippen LogP contribution in [0.5, 0.6) is 11.5 Å². The number of carbonyl (C=O) groups excluding carboxylic acids is 1. The molecular weight excluding hydrogens is 519 g/mol. The van der Waals surface area contributed by atoms with Gasteiger partial charge in [0.25, 0.3) is 5.91 Å². The second kappa shape index (κ2) is 12.3. The Balaban J connectivity index is 1.53. The number of nitrogens with one attached hydrogen (secondary N) is 1. The second-order valence-electron chi connectivity index (χ2n) is 10.4. The van der Waals surface area contributed by atoms with Gasteiger partial charge in [0.15, 0.2) is 0 Å². The van der Waals surface area contributed by atoms with E-state index in [4.69, 9.17) is 19.3 Å². The van der Waals surface area contributed by atoms with Crippen molar-refractivity contribution in [1.82, 2.24) is 15.0 Å². The first-order valence-corrected chi connectivity index (χ1v) is 16.1. The van der Waals surface area contributed by atoms with Gasteiger partial charge in [-0.3, -0.25) is 9.48 Å². The first kappa shape index (κ1) is 28.7. The fourth-order valence-corrected chi connectivity index (χ4v) is 7.22. The lowest BCUT2D eigenvalue weighted by Crippen LogP contribution is -2.46. The summed E-state index contributed by atoms with van der Waals surface area (Å²) in [5.41, 5.74) is 2.33. The molecule has 0 bridgehead atoms. The molecule has 2 N–H and O–H groups in total. The number of benzene rings is 2. The molecule has 1 aliphatic rings. The van der Waals surface area contributed by atoms with E-state index in [0.717, 1.165) is 5.56 Å². The molecule has 4 atom stereocenters. The Morgan fingerprint density at radius 3 is 2.62 bits per heavy atom. The van der Waals surface area contributed by atoms with E-state index in [1.807, 2.05) is 19.1 Å². The molecule has 0 aliphatic carbocycles. The van der Waals surface area contributed by atoms with Gasteiger partial charge in [-0.1, -0.05) is 12.1 Å². The molecule has 1 unspecified atom stereocenters. The topological polar surface area (TPSA) is 108 Å². The highest BCUT2D eigenvalue weighted by molar-refractivity contribution is 6.72. The van der Waals surface area contributed by atoms with Crippen LogP contribution in [0.4, 0.5) is 9.80 Å². The number of aromatic nitrogens is 3. The predicted octanol–water partition coefficient (Wildman–Crippen LogP) is 4.79. The summed E-state index contributed by atoms with van der Waals surface area (Å²) in [6, 6.07) is 12.3. The monoisotopic (exact) mass is 556 g/mol. The van der Waals surface area contributed by atoms with Crippen LogP contribution in [0.15, 0.2) is 48.7 Å². The highest BCUT2D eigenvalue weighted by atomic mass is 28.4. The number of halogens is 1. The smallest absolute Gasteiger partial charge is 0.255 e. The Bertz CT molecular complexity index is 1260. The number of hydrogen-bond acceptors (Lipinski definition) is 7. The first-order valence-electron chi connectivity index (χ1n) is 13.1. The van der Waals surface area contributed by atoms with Gasteiger partial charge in [0.1, 0.15) is 17.6 Å². The minimum atomic E-state index is -3.17. The summed E-state index contributed by atoms with van der Waals surface area (Å²) in [5, 5.41) is 20.3. The maximum atomic E-state index is 15.7. The number of anilines is 1. The predicted molar refractivity (Wildman–Crippen MR) is 148 cm³/mol. The van der Waals surface area contributed by atoms with E-state index in [1.54, 1.807) is 68.5 Å². The molecule has 0 radical (unpaired) electrons. The minimum absolute atomic E-state index is 0.00383. The first-order chi connectivity index (χ1) is 18.6. The number of carbonyl (C=O) groups is 1. The maximum Gasteiger partial charge on any atom is 0.255 e. The third kappa shape index (κ3) is 6.66. The molecular formula is C28H37FN4O5Si. The summed E-state index contributed by atoms with van der Waals surface area (Å²) < 4.78 is 35.0. The highest BCUT2D eigenvalue weighted by Gasteiger charge is 2.47. The highest BCUT2D eigenvalue weighted by Crippen LogP contribution is 2.48. The number of amides is 1. The number of methoxy groups -OCH3 is 2. The third-order valence-electron chi connectivity index (χ3n) is 7.34. The maximum absolute atomic E-state index is 15.7. The number of aryl methyl sites for hydroxylation is 1. The molecule has 4 rings (SSSR count). The summed E-state index contributed by atoms with van der Waals surface area (Å²) in [6.45, 7) is 5.94. The van der Waals surface area contributed by atoms with Gasteiger partial charge in [-0.05, 0) is 62.0 Å². The van der Waals surface area contributed by atoms with E-state index >= 15 is 4.11 Å². The lowest BCUT2D eigenvalue weighted by molar-refractivity contribution is -0.0242. The number of fused-ring (bicyclic) bond motifs is 1. The van der Waals surface area contributed by atoms with Crippen LogP contribution in [0.1, 0.15) is 41.1 Å². The van der Waals surface area contributed by atoms with Crippen LogP contribution in [0.2, 0.25) is 18.6 Å². The van der Waals surface area contributed by atoms with Crippen molar-refractivity contribution in [3.05, 3.63) is 65.5 Å². The summed E-state index contributed by atoms with van der Waals surface area (Å²) in [4.78, 5) is 12.8. The van der Waals surface area contributed by atoms with Crippen LogP contribution in [0.3, 0.4) is 0 Å².